The fraction of sp³-hybridized carbons (Fsp3) is 0.200. The van der Waals surface area contributed by atoms with Gasteiger partial charge in [-0.3, -0.25) is 10.1 Å². The van der Waals surface area contributed by atoms with Gasteiger partial charge in [-0.25, -0.2) is 4.79 Å². The van der Waals surface area contributed by atoms with Crippen LogP contribution >= 0.6 is 45.8 Å². The number of aliphatic carboxylic acids is 1. The van der Waals surface area contributed by atoms with Gasteiger partial charge >= 0.3 is 12.1 Å². The van der Waals surface area contributed by atoms with Crippen molar-refractivity contribution < 1.29 is 19.4 Å². The third kappa shape index (κ3) is 4.57. The van der Waals surface area contributed by atoms with Crippen molar-refractivity contribution in [3.05, 3.63) is 67.3 Å². The van der Waals surface area contributed by atoms with E-state index in [4.69, 9.17) is 16.3 Å². The molecule has 36 heavy (non-hydrogen) atoms. The number of carboxylic acids is 1. The number of nitrogens with one attached hydrogen (secondary N) is 1. The Labute approximate surface area is 223 Å². The topological polar surface area (TPSA) is 112 Å². The smallest absolute Gasteiger partial charge is 0.412 e. The molecular weight excluding hydrogens is 538 g/mol. The van der Waals surface area contributed by atoms with Gasteiger partial charge in [-0.15, -0.1) is 22.7 Å². The molecule has 3 aromatic heterocycles. The van der Waals surface area contributed by atoms with Crippen LogP contribution < -0.4 is 5.32 Å². The third-order valence-corrected chi connectivity index (χ3v) is 9.30. The quantitative estimate of drug-likeness (QED) is 0.264. The van der Waals surface area contributed by atoms with E-state index in [0.29, 0.717) is 23.4 Å². The number of carboxylic acid groups (broad SMARTS) is 1. The largest absolute Gasteiger partial charge is 0.481 e. The second-order valence-electron chi connectivity index (χ2n) is 8.13. The fourth-order valence-electron chi connectivity index (χ4n) is 3.67. The van der Waals surface area contributed by atoms with E-state index in [-0.39, 0.29) is 16.3 Å². The molecule has 1 amide bonds. The summed E-state index contributed by atoms with van der Waals surface area (Å²) in [6, 6.07) is 13.0. The Morgan fingerprint density at radius 1 is 1.22 bits per heavy atom. The van der Waals surface area contributed by atoms with E-state index in [1.165, 1.54) is 22.7 Å². The molecule has 1 fully saturated rings. The molecule has 180 valence electrons. The third-order valence-electron chi connectivity index (χ3n) is 5.79. The summed E-state index contributed by atoms with van der Waals surface area (Å²) in [5.74, 6) is 5.21. The van der Waals surface area contributed by atoms with E-state index < -0.39 is 23.6 Å². The number of aromatic nitrogens is 1. The molecule has 1 saturated carbocycles. The van der Waals surface area contributed by atoms with Gasteiger partial charge < -0.3 is 9.84 Å². The van der Waals surface area contributed by atoms with Crippen LogP contribution in [0.25, 0.3) is 9.40 Å². The van der Waals surface area contributed by atoms with E-state index in [1.807, 2.05) is 18.2 Å². The summed E-state index contributed by atoms with van der Waals surface area (Å²) in [6.07, 6.45) is -0.0177. The van der Waals surface area contributed by atoms with Crippen LogP contribution in [0.5, 0.6) is 0 Å². The summed E-state index contributed by atoms with van der Waals surface area (Å²) in [4.78, 5) is 26.0. The molecule has 3 heterocycles. The molecule has 1 aromatic carbocycles. The van der Waals surface area contributed by atoms with Gasteiger partial charge in [-0.2, -0.15) is 9.64 Å². The van der Waals surface area contributed by atoms with Gasteiger partial charge in [-0.05, 0) is 61.3 Å². The van der Waals surface area contributed by atoms with Crippen LogP contribution in [0.2, 0.25) is 5.02 Å². The first-order valence-electron chi connectivity index (χ1n) is 10.7. The van der Waals surface area contributed by atoms with Gasteiger partial charge in [0.2, 0.25) is 0 Å². The number of nitrogens with zero attached hydrogens (tertiary/aromatic N) is 2. The standard InChI is InChI=1S/C25H16ClN3O4S3/c1-13(15-4-2-3-5-16(15)26)33-24(32)28-22-17(29-36-20(22)12-27)7-6-14-10-18-19(34-14)11-21(35-18)25(8-9-25)23(30)31/h2-5,10-11,13H,8-9H2,1H3,(H,28,32)(H,30,31). The Hall–Kier alpha value is -3.41. The molecule has 2 N–H and O–H groups in total. The maximum Gasteiger partial charge on any atom is 0.412 e. The number of rotatable bonds is 5. The van der Waals surface area contributed by atoms with E-state index in [2.05, 4.69) is 21.5 Å². The van der Waals surface area contributed by atoms with E-state index >= 15 is 0 Å². The monoisotopic (exact) mass is 553 g/mol. The summed E-state index contributed by atoms with van der Waals surface area (Å²) >= 11 is 10.1. The van der Waals surface area contributed by atoms with E-state index in [1.54, 1.807) is 31.2 Å². The molecule has 7 nitrogen and oxygen atoms in total. The first-order valence-corrected chi connectivity index (χ1v) is 13.5. The van der Waals surface area contributed by atoms with Crippen molar-refractivity contribution in [2.45, 2.75) is 31.3 Å². The number of nitriles is 1. The molecule has 0 aliphatic heterocycles. The molecule has 0 spiro atoms. The molecule has 4 aromatic rings. The Morgan fingerprint density at radius 2 is 1.97 bits per heavy atom. The Morgan fingerprint density at radius 3 is 2.64 bits per heavy atom. The molecule has 1 unspecified atom stereocenters. The number of carbonyl (C=O) groups is 2. The lowest BCUT2D eigenvalue weighted by atomic mass is 10.1. The lowest BCUT2D eigenvalue weighted by Crippen LogP contribution is -2.17. The maximum atomic E-state index is 12.6. The zero-order chi connectivity index (χ0) is 25.4. The lowest BCUT2D eigenvalue weighted by Gasteiger charge is -2.15. The van der Waals surface area contributed by atoms with Crippen molar-refractivity contribution in [2.75, 3.05) is 5.32 Å². The molecule has 11 heteroatoms. The van der Waals surface area contributed by atoms with Gasteiger partial charge in [0.1, 0.15) is 28.2 Å². The number of fused-ring (bicyclic) bond motifs is 1. The fourth-order valence-corrected chi connectivity index (χ4v) is 7.05. The van der Waals surface area contributed by atoms with Crippen LogP contribution in [0.1, 0.15) is 51.8 Å². The number of ether oxygens (including phenoxy) is 1. The predicted molar refractivity (Wildman–Crippen MR) is 141 cm³/mol. The average molecular weight is 554 g/mol. The number of hydrogen-bond acceptors (Lipinski definition) is 8. The molecule has 1 atom stereocenters. The average Bonchev–Trinajstić information content (AvgIpc) is 3.23. The van der Waals surface area contributed by atoms with Gasteiger partial charge in [-0.1, -0.05) is 29.8 Å². The molecule has 0 radical (unpaired) electrons. The summed E-state index contributed by atoms with van der Waals surface area (Å²) in [7, 11) is 0. The zero-order valence-corrected chi connectivity index (χ0v) is 21.8. The van der Waals surface area contributed by atoms with Gasteiger partial charge in [0.05, 0.1) is 4.88 Å². The van der Waals surface area contributed by atoms with Crippen LogP contribution in [0.4, 0.5) is 10.5 Å². The Kier molecular flexibility index (Phi) is 6.45. The lowest BCUT2D eigenvalue weighted by molar-refractivity contribution is -0.139. The van der Waals surface area contributed by atoms with E-state index in [0.717, 1.165) is 30.7 Å². The van der Waals surface area contributed by atoms with Crippen molar-refractivity contribution in [2.24, 2.45) is 0 Å². The number of carbonyl (C=O) groups excluding carboxylic acids is 1. The normalized spacial score (nSPS) is 14.4. The minimum absolute atomic E-state index is 0.198. The van der Waals surface area contributed by atoms with Gasteiger partial charge in [0.15, 0.2) is 5.69 Å². The number of halogens is 1. The molecule has 1 aliphatic rings. The summed E-state index contributed by atoms with van der Waals surface area (Å²) in [5, 5.41) is 22.1. The first kappa shape index (κ1) is 24.3. The maximum absolute atomic E-state index is 12.6. The number of hydrogen-bond donors (Lipinski definition) is 2. The summed E-state index contributed by atoms with van der Waals surface area (Å²) in [6.45, 7) is 1.70. The summed E-state index contributed by atoms with van der Waals surface area (Å²) < 4.78 is 11.6. The second-order valence-corrected chi connectivity index (χ2v) is 11.5. The van der Waals surface area contributed by atoms with Crippen LogP contribution in [0, 0.1) is 23.2 Å². The van der Waals surface area contributed by atoms with Crippen LogP contribution in [0.3, 0.4) is 0 Å². The van der Waals surface area contributed by atoms with Gasteiger partial charge in [0, 0.05) is 24.9 Å². The molecular formula is C25H16ClN3O4S3. The van der Waals surface area contributed by atoms with Crippen molar-refractivity contribution in [1.82, 2.24) is 4.37 Å². The predicted octanol–water partition coefficient (Wildman–Crippen LogP) is 6.77. The highest BCUT2D eigenvalue weighted by Gasteiger charge is 2.53. The first-order chi connectivity index (χ1) is 17.3. The summed E-state index contributed by atoms with van der Waals surface area (Å²) in [5.41, 5.74) is 0.403. The molecule has 0 saturated heterocycles. The van der Waals surface area contributed by atoms with Crippen LogP contribution in [-0.4, -0.2) is 21.5 Å². The second kappa shape index (κ2) is 9.57. The van der Waals surface area contributed by atoms with Gasteiger partial charge in [0.25, 0.3) is 0 Å². The number of thiophene rings is 2. The SMILES string of the molecule is CC(OC(=O)Nc1c(C#Cc2cc3sc(C4(C(=O)O)CC4)cc3s2)nsc1C#N)c1ccccc1Cl. The number of benzene rings is 1. The van der Waals surface area contributed by atoms with E-state index in [9.17, 15) is 20.0 Å². The van der Waals surface area contributed by atoms with Crippen molar-refractivity contribution in [3.8, 4) is 17.9 Å². The minimum atomic E-state index is -0.770. The van der Waals surface area contributed by atoms with Crippen molar-refractivity contribution in [3.63, 3.8) is 0 Å². The minimum Gasteiger partial charge on any atom is -0.481 e. The van der Waals surface area contributed by atoms with Crippen LogP contribution in [0.15, 0.2) is 36.4 Å². The Bertz CT molecular complexity index is 1580. The Balaban J connectivity index is 1.33. The number of anilines is 1. The highest BCUT2D eigenvalue weighted by molar-refractivity contribution is 7.28. The highest BCUT2D eigenvalue weighted by atomic mass is 35.5. The molecule has 1 aliphatic carbocycles. The number of amides is 1. The molecule has 0 bridgehead atoms. The van der Waals surface area contributed by atoms with Crippen molar-refractivity contribution in [1.29, 1.82) is 5.26 Å². The molecule has 5 rings (SSSR count). The van der Waals surface area contributed by atoms with Crippen LogP contribution in [-0.2, 0) is 14.9 Å². The van der Waals surface area contributed by atoms with Crippen molar-refractivity contribution >= 4 is 73.0 Å². The zero-order valence-electron chi connectivity index (χ0n) is 18.6. The highest BCUT2D eigenvalue weighted by Crippen LogP contribution is 2.52.